The van der Waals surface area contributed by atoms with E-state index in [1.165, 1.54) is 30.3 Å². The summed E-state index contributed by atoms with van der Waals surface area (Å²) >= 11 is 0. The first-order chi connectivity index (χ1) is 20.7. The number of amides is 1. The van der Waals surface area contributed by atoms with Crippen LogP contribution in [0.3, 0.4) is 0 Å². The molecule has 1 saturated heterocycles. The molecule has 0 aromatic heterocycles. The molecule has 3 aromatic carbocycles. The molecular formula is C32H37F4N3O4S. The van der Waals surface area contributed by atoms with E-state index in [1.807, 2.05) is 32.9 Å². The Balaban J connectivity index is 1.69. The molecule has 3 aromatic rings. The lowest BCUT2D eigenvalue weighted by molar-refractivity contribution is -0.0500. The number of halogens is 4. The van der Waals surface area contributed by atoms with Gasteiger partial charge < -0.3 is 9.08 Å². The molecule has 7 nitrogen and oxygen atoms in total. The highest BCUT2D eigenvalue weighted by atomic mass is 32.2. The Morgan fingerprint density at radius 1 is 0.932 bits per heavy atom. The van der Waals surface area contributed by atoms with Crippen LogP contribution in [0.15, 0.2) is 72.8 Å². The fraction of sp³-hybridized carbons (Fsp3) is 0.406. The number of piperazine rings is 1. The number of hydrogen-bond donors (Lipinski definition) is 0. The van der Waals surface area contributed by atoms with Crippen LogP contribution in [0.2, 0.25) is 0 Å². The van der Waals surface area contributed by atoms with Crippen molar-refractivity contribution in [3.8, 4) is 5.75 Å². The van der Waals surface area contributed by atoms with Gasteiger partial charge in [-0.25, -0.2) is 4.39 Å². The van der Waals surface area contributed by atoms with Crippen LogP contribution in [0.1, 0.15) is 60.8 Å². The minimum atomic E-state index is -5.86. The number of carbonyl (C=O) groups excluding carboxylic acids is 1. The zero-order valence-corrected chi connectivity index (χ0v) is 25.9. The largest absolute Gasteiger partial charge is 0.534 e. The maximum absolute atomic E-state index is 13.4. The van der Waals surface area contributed by atoms with Crippen LogP contribution >= 0.6 is 0 Å². The highest BCUT2D eigenvalue weighted by molar-refractivity contribution is 7.88. The Morgan fingerprint density at radius 2 is 1.57 bits per heavy atom. The summed E-state index contributed by atoms with van der Waals surface area (Å²) in [6, 6.07) is 18.6. The van der Waals surface area contributed by atoms with Gasteiger partial charge in [-0.3, -0.25) is 14.6 Å². The zero-order chi connectivity index (χ0) is 32.2. The Morgan fingerprint density at radius 3 is 2.16 bits per heavy atom. The summed E-state index contributed by atoms with van der Waals surface area (Å²) in [4.78, 5) is 19.1. The van der Waals surface area contributed by atoms with Crippen molar-refractivity contribution >= 4 is 16.0 Å². The molecule has 44 heavy (non-hydrogen) atoms. The molecule has 1 aliphatic heterocycles. The van der Waals surface area contributed by atoms with Gasteiger partial charge in [-0.1, -0.05) is 36.4 Å². The van der Waals surface area contributed by atoms with Crippen molar-refractivity contribution in [1.82, 2.24) is 14.7 Å². The van der Waals surface area contributed by atoms with Gasteiger partial charge in [0.05, 0.1) is 6.04 Å². The number of rotatable bonds is 10. The molecule has 4 rings (SSSR count). The first-order valence-electron chi connectivity index (χ1n) is 14.5. The highest BCUT2D eigenvalue weighted by Gasteiger charge is 2.48. The van der Waals surface area contributed by atoms with Crippen LogP contribution in [0, 0.1) is 5.82 Å². The summed E-state index contributed by atoms with van der Waals surface area (Å²) in [6.07, 6.45) is 0. The molecule has 0 saturated carbocycles. The fourth-order valence-electron chi connectivity index (χ4n) is 5.62. The zero-order valence-electron chi connectivity index (χ0n) is 25.1. The maximum atomic E-state index is 13.4. The second-order valence-corrected chi connectivity index (χ2v) is 12.5. The standard InChI is InChI=1S/C32H37F4N3O4S/c1-5-37(6-2)31(40)26-14-12-25(13-15-26)30(27-8-7-9-29(18-27)43-44(41,42)32(34,35)36)39-20-22(3)38(19-23(39)4)21-24-10-16-28(33)17-11-24/h7-18,22-23,30H,5-6,19-21H2,1-4H3/t22-,23+,30-/m1/s1. The maximum Gasteiger partial charge on any atom is 0.534 e. The van der Waals surface area contributed by atoms with E-state index in [9.17, 15) is 30.8 Å². The molecule has 0 spiro atoms. The molecule has 3 atom stereocenters. The average molecular weight is 636 g/mol. The third-order valence-electron chi connectivity index (χ3n) is 7.98. The van der Waals surface area contributed by atoms with Crippen LogP contribution in [0.25, 0.3) is 0 Å². The van der Waals surface area contributed by atoms with Crippen LogP contribution in [0.5, 0.6) is 5.75 Å². The van der Waals surface area contributed by atoms with E-state index in [2.05, 4.69) is 20.9 Å². The van der Waals surface area contributed by atoms with Gasteiger partial charge in [0, 0.05) is 50.4 Å². The number of nitrogens with zero attached hydrogens (tertiary/aromatic N) is 3. The van der Waals surface area contributed by atoms with Gasteiger partial charge >= 0.3 is 15.6 Å². The third-order valence-corrected chi connectivity index (χ3v) is 8.96. The number of carbonyl (C=O) groups is 1. The monoisotopic (exact) mass is 635 g/mol. The lowest BCUT2D eigenvalue weighted by Crippen LogP contribution is -2.56. The minimum absolute atomic E-state index is 0.0443. The molecule has 1 amide bonds. The summed E-state index contributed by atoms with van der Waals surface area (Å²) in [7, 11) is -5.86. The van der Waals surface area contributed by atoms with Crippen molar-refractivity contribution < 1.29 is 35.0 Å². The van der Waals surface area contributed by atoms with Gasteiger partial charge in [0.15, 0.2) is 0 Å². The fourth-order valence-corrected chi connectivity index (χ4v) is 6.07. The molecule has 0 unspecified atom stereocenters. The molecule has 1 aliphatic rings. The molecule has 238 valence electrons. The second kappa shape index (κ2) is 13.7. The van der Waals surface area contributed by atoms with Crippen LogP contribution in [-0.4, -0.2) is 72.8 Å². The van der Waals surface area contributed by atoms with Gasteiger partial charge in [0.2, 0.25) is 0 Å². The minimum Gasteiger partial charge on any atom is -0.376 e. The molecule has 12 heteroatoms. The van der Waals surface area contributed by atoms with E-state index in [4.69, 9.17) is 0 Å². The molecular weight excluding hydrogens is 598 g/mol. The second-order valence-electron chi connectivity index (χ2n) is 11.0. The van der Waals surface area contributed by atoms with Gasteiger partial charge in [0.25, 0.3) is 5.91 Å². The van der Waals surface area contributed by atoms with Crippen molar-refractivity contribution in [2.24, 2.45) is 0 Å². The molecule has 0 bridgehead atoms. The van der Waals surface area contributed by atoms with E-state index in [-0.39, 0.29) is 23.8 Å². The van der Waals surface area contributed by atoms with Crippen molar-refractivity contribution in [3.05, 3.63) is 101 Å². The van der Waals surface area contributed by atoms with E-state index >= 15 is 0 Å². The van der Waals surface area contributed by atoms with Crippen LogP contribution < -0.4 is 4.18 Å². The summed E-state index contributed by atoms with van der Waals surface area (Å²) < 4.78 is 80.7. The highest BCUT2D eigenvalue weighted by Crippen LogP contribution is 2.36. The Labute approximate surface area is 256 Å². The number of hydrogen-bond acceptors (Lipinski definition) is 6. The number of benzene rings is 3. The smallest absolute Gasteiger partial charge is 0.376 e. The molecule has 1 heterocycles. The number of alkyl halides is 3. The average Bonchev–Trinajstić information content (AvgIpc) is 2.97. The predicted octanol–water partition coefficient (Wildman–Crippen LogP) is 6.22. The Kier molecular flexibility index (Phi) is 10.4. The van der Waals surface area contributed by atoms with Gasteiger partial charge in [-0.2, -0.15) is 21.6 Å². The lowest BCUT2D eigenvalue weighted by Gasteiger charge is -2.47. The van der Waals surface area contributed by atoms with Gasteiger partial charge in [-0.15, -0.1) is 0 Å². The van der Waals surface area contributed by atoms with E-state index in [1.54, 1.807) is 35.2 Å². The Hall–Kier alpha value is -3.48. The van der Waals surface area contributed by atoms with E-state index in [0.717, 1.165) is 11.1 Å². The predicted molar refractivity (Wildman–Crippen MR) is 160 cm³/mol. The lowest BCUT2D eigenvalue weighted by atomic mass is 9.92. The molecule has 0 N–H and O–H groups in total. The van der Waals surface area contributed by atoms with E-state index in [0.29, 0.717) is 43.9 Å². The summed E-state index contributed by atoms with van der Waals surface area (Å²) in [5.74, 6) is -0.863. The van der Waals surface area contributed by atoms with Crippen LogP contribution in [0.4, 0.5) is 17.6 Å². The van der Waals surface area contributed by atoms with E-state index < -0.39 is 27.4 Å². The van der Waals surface area contributed by atoms with Crippen molar-refractivity contribution in [3.63, 3.8) is 0 Å². The molecule has 0 radical (unpaired) electrons. The topological polar surface area (TPSA) is 70.2 Å². The van der Waals surface area contributed by atoms with Gasteiger partial charge in [0.1, 0.15) is 11.6 Å². The molecule has 1 fully saturated rings. The van der Waals surface area contributed by atoms with Crippen molar-refractivity contribution in [2.75, 3.05) is 26.2 Å². The van der Waals surface area contributed by atoms with Crippen molar-refractivity contribution in [1.29, 1.82) is 0 Å². The summed E-state index contributed by atoms with van der Waals surface area (Å²) in [5, 5.41) is 0. The quantitative estimate of drug-likeness (QED) is 0.150. The Bertz CT molecular complexity index is 1530. The first kappa shape index (κ1) is 33.4. The summed E-state index contributed by atoms with van der Waals surface area (Å²) in [5.41, 5.74) is -2.77. The molecule has 0 aliphatic carbocycles. The van der Waals surface area contributed by atoms with Gasteiger partial charge in [-0.05, 0) is 80.8 Å². The first-order valence-corrected chi connectivity index (χ1v) is 15.9. The van der Waals surface area contributed by atoms with Crippen molar-refractivity contribution in [2.45, 2.75) is 57.9 Å². The van der Waals surface area contributed by atoms with Crippen LogP contribution in [-0.2, 0) is 16.7 Å². The third kappa shape index (κ3) is 7.59. The normalized spacial score (nSPS) is 19.0. The summed E-state index contributed by atoms with van der Waals surface area (Å²) in [6.45, 7) is 10.9. The SMILES string of the molecule is CCN(CC)C(=O)c1ccc([C@H](c2cccc(OS(=O)(=O)C(F)(F)F)c2)N2C[C@@H](C)N(Cc3ccc(F)cc3)C[C@@H]2C)cc1.